The zero-order valence-corrected chi connectivity index (χ0v) is 20.6. The lowest BCUT2D eigenvalue weighted by Crippen LogP contribution is -2.36. The lowest BCUT2D eigenvalue weighted by Gasteiger charge is -2.24. The topological polar surface area (TPSA) is 72.5 Å². The van der Waals surface area contributed by atoms with Gasteiger partial charge in [-0.15, -0.1) is 10.2 Å². The fraction of sp³-hybridized carbons (Fsp3) is 0.185. The summed E-state index contributed by atoms with van der Waals surface area (Å²) in [6.45, 7) is 6.40. The van der Waals surface area contributed by atoms with Gasteiger partial charge in [0.15, 0.2) is 5.16 Å². The number of fused-ring (bicyclic) bond motifs is 3. The maximum Gasteiger partial charge on any atom is 0.267 e. The number of carbonyl (C=O) groups is 1. The third kappa shape index (κ3) is 4.10. The molecule has 7 nitrogen and oxygen atoms in total. The average molecular weight is 484 g/mol. The Morgan fingerprint density at radius 1 is 0.971 bits per heavy atom. The van der Waals surface area contributed by atoms with Crippen molar-refractivity contribution in [1.29, 1.82) is 0 Å². The zero-order valence-electron chi connectivity index (χ0n) is 19.8. The second-order valence-electron chi connectivity index (χ2n) is 8.29. The van der Waals surface area contributed by atoms with Crippen LogP contribution in [0.4, 0.5) is 5.69 Å². The molecular weight excluding hydrogens is 458 g/mol. The fourth-order valence-corrected chi connectivity index (χ4v) is 5.10. The highest BCUT2D eigenvalue weighted by atomic mass is 32.2. The molecule has 1 amide bonds. The van der Waals surface area contributed by atoms with Gasteiger partial charge in [0, 0.05) is 12.2 Å². The number of hydrogen-bond donors (Lipinski definition) is 0. The number of aromatic nitrogens is 4. The highest BCUT2D eigenvalue weighted by Gasteiger charge is 2.25. The standard InChI is InChI=1S/C27H25N5O2S/c1-4-30(20-10-6-5-7-11-20)24(33)19(3)35-27-29-28-26-31(21-16-14-18(2)15-17-21)25(34)22-12-8-9-13-23(22)32(26)27/h5-17,19H,4H2,1-3H3. The Labute approximate surface area is 207 Å². The van der Waals surface area contributed by atoms with E-state index in [0.29, 0.717) is 34.1 Å². The molecular formula is C27H25N5O2S. The van der Waals surface area contributed by atoms with Crippen molar-refractivity contribution in [3.05, 3.63) is 94.8 Å². The summed E-state index contributed by atoms with van der Waals surface area (Å²) in [5.41, 5.74) is 3.22. The van der Waals surface area contributed by atoms with Crippen molar-refractivity contribution in [3.8, 4) is 5.69 Å². The summed E-state index contributed by atoms with van der Waals surface area (Å²) in [6, 6.07) is 24.8. The molecule has 5 aromatic rings. The molecule has 5 rings (SSSR count). The first-order valence-corrected chi connectivity index (χ1v) is 12.4. The quantitative estimate of drug-likeness (QED) is 0.322. The number of nitrogens with zero attached hydrogens (tertiary/aromatic N) is 5. The summed E-state index contributed by atoms with van der Waals surface area (Å²) in [5.74, 6) is 0.395. The van der Waals surface area contributed by atoms with E-state index in [4.69, 9.17) is 0 Å². The minimum atomic E-state index is -0.416. The van der Waals surface area contributed by atoms with Gasteiger partial charge in [-0.1, -0.05) is 59.8 Å². The van der Waals surface area contributed by atoms with E-state index in [1.165, 1.54) is 11.8 Å². The minimum Gasteiger partial charge on any atom is -0.312 e. The van der Waals surface area contributed by atoms with Crippen LogP contribution in [0.2, 0.25) is 0 Å². The number of benzene rings is 3. The van der Waals surface area contributed by atoms with Gasteiger partial charge < -0.3 is 4.90 Å². The first kappa shape index (κ1) is 22.9. The van der Waals surface area contributed by atoms with Crippen molar-refractivity contribution in [1.82, 2.24) is 19.2 Å². The Morgan fingerprint density at radius 3 is 2.37 bits per heavy atom. The molecule has 0 bridgehead atoms. The van der Waals surface area contributed by atoms with Crippen molar-refractivity contribution < 1.29 is 4.79 Å². The molecule has 0 radical (unpaired) electrons. The molecule has 176 valence electrons. The minimum absolute atomic E-state index is 0.0170. The van der Waals surface area contributed by atoms with E-state index >= 15 is 0 Å². The summed E-state index contributed by atoms with van der Waals surface area (Å²) >= 11 is 1.34. The van der Waals surface area contributed by atoms with Gasteiger partial charge in [0.05, 0.1) is 21.8 Å². The van der Waals surface area contributed by atoms with E-state index in [9.17, 15) is 9.59 Å². The maximum atomic E-state index is 13.5. The lowest BCUT2D eigenvalue weighted by molar-refractivity contribution is -0.117. The van der Waals surface area contributed by atoms with Crippen LogP contribution >= 0.6 is 11.8 Å². The SMILES string of the molecule is CCN(C(=O)C(C)Sc1nnc2n(-c3ccc(C)cc3)c(=O)c3ccccc3n12)c1ccccc1. The Bertz CT molecular complexity index is 1580. The number of amides is 1. The summed E-state index contributed by atoms with van der Waals surface area (Å²) < 4.78 is 3.44. The molecule has 35 heavy (non-hydrogen) atoms. The second kappa shape index (κ2) is 9.38. The average Bonchev–Trinajstić information content (AvgIpc) is 3.29. The third-order valence-electron chi connectivity index (χ3n) is 5.97. The number of anilines is 1. The van der Waals surface area contributed by atoms with E-state index in [1.54, 1.807) is 15.5 Å². The summed E-state index contributed by atoms with van der Waals surface area (Å²) in [6.07, 6.45) is 0. The van der Waals surface area contributed by atoms with Crippen LogP contribution in [-0.4, -0.2) is 36.9 Å². The van der Waals surface area contributed by atoms with Gasteiger partial charge in [-0.2, -0.15) is 0 Å². The van der Waals surface area contributed by atoms with Crippen LogP contribution in [0.1, 0.15) is 19.4 Å². The molecule has 0 aliphatic rings. The number of hydrogen-bond acceptors (Lipinski definition) is 5. The summed E-state index contributed by atoms with van der Waals surface area (Å²) in [4.78, 5) is 28.6. The molecule has 8 heteroatoms. The lowest BCUT2D eigenvalue weighted by atomic mass is 10.2. The van der Waals surface area contributed by atoms with Crippen molar-refractivity contribution >= 4 is 40.0 Å². The molecule has 0 fully saturated rings. The van der Waals surface area contributed by atoms with Crippen LogP contribution in [0.15, 0.2) is 88.8 Å². The second-order valence-corrected chi connectivity index (χ2v) is 9.60. The predicted molar refractivity (Wildman–Crippen MR) is 141 cm³/mol. The van der Waals surface area contributed by atoms with Gasteiger partial charge >= 0.3 is 0 Å². The number of para-hydroxylation sites is 2. The predicted octanol–water partition coefficient (Wildman–Crippen LogP) is 4.88. The third-order valence-corrected chi connectivity index (χ3v) is 7.00. The van der Waals surface area contributed by atoms with Crippen LogP contribution in [0, 0.1) is 6.92 Å². The van der Waals surface area contributed by atoms with E-state index in [2.05, 4.69) is 10.2 Å². The van der Waals surface area contributed by atoms with Crippen LogP contribution in [0.5, 0.6) is 0 Å². The number of rotatable bonds is 6. The normalized spacial score (nSPS) is 12.2. The van der Waals surface area contributed by atoms with Crippen molar-refractivity contribution in [2.75, 3.05) is 11.4 Å². The van der Waals surface area contributed by atoms with Gasteiger partial charge in [-0.25, -0.2) is 4.57 Å². The molecule has 0 aliphatic heterocycles. The van der Waals surface area contributed by atoms with Crippen molar-refractivity contribution in [2.24, 2.45) is 0 Å². The van der Waals surface area contributed by atoms with Crippen molar-refractivity contribution in [3.63, 3.8) is 0 Å². The Morgan fingerprint density at radius 2 is 1.66 bits per heavy atom. The van der Waals surface area contributed by atoms with Crippen LogP contribution in [0.25, 0.3) is 22.4 Å². The van der Waals surface area contributed by atoms with E-state index in [-0.39, 0.29) is 11.5 Å². The highest BCUT2D eigenvalue weighted by Crippen LogP contribution is 2.28. The molecule has 0 aliphatic carbocycles. The maximum absolute atomic E-state index is 13.5. The Kier molecular flexibility index (Phi) is 6.13. The molecule has 0 N–H and O–H groups in total. The fourth-order valence-electron chi connectivity index (χ4n) is 4.18. The molecule has 0 saturated carbocycles. The van der Waals surface area contributed by atoms with Gasteiger partial charge in [0.1, 0.15) is 0 Å². The summed E-state index contributed by atoms with van der Waals surface area (Å²) in [7, 11) is 0. The van der Waals surface area contributed by atoms with Gasteiger partial charge in [0.25, 0.3) is 5.56 Å². The number of thioether (sulfide) groups is 1. The smallest absolute Gasteiger partial charge is 0.267 e. The molecule has 0 spiro atoms. The Hall–Kier alpha value is -3.91. The first-order valence-electron chi connectivity index (χ1n) is 11.5. The molecule has 2 heterocycles. The number of aryl methyl sites for hydroxylation is 1. The zero-order chi connectivity index (χ0) is 24.5. The van der Waals surface area contributed by atoms with Crippen LogP contribution < -0.4 is 10.5 Å². The molecule has 1 unspecified atom stereocenters. The van der Waals surface area contributed by atoms with Gasteiger partial charge in [-0.3, -0.25) is 14.0 Å². The number of carbonyl (C=O) groups excluding carboxylic acids is 1. The monoisotopic (exact) mass is 483 g/mol. The van der Waals surface area contributed by atoms with E-state index < -0.39 is 5.25 Å². The molecule has 0 saturated heterocycles. The van der Waals surface area contributed by atoms with E-state index in [1.807, 2.05) is 98.0 Å². The van der Waals surface area contributed by atoms with Gasteiger partial charge in [-0.05, 0) is 57.2 Å². The molecule has 3 aromatic carbocycles. The molecule has 1 atom stereocenters. The Balaban J connectivity index is 1.61. The summed E-state index contributed by atoms with van der Waals surface area (Å²) in [5, 5.41) is 9.51. The van der Waals surface area contributed by atoms with Gasteiger partial charge in [0.2, 0.25) is 11.7 Å². The van der Waals surface area contributed by atoms with E-state index in [0.717, 1.165) is 11.3 Å². The largest absolute Gasteiger partial charge is 0.312 e. The van der Waals surface area contributed by atoms with Crippen LogP contribution in [0.3, 0.4) is 0 Å². The van der Waals surface area contributed by atoms with Crippen molar-refractivity contribution in [2.45, 2.75) is 31.2 Å². The van der Waals surface area contributed by atoms with Crippen LogP contribution in [-0.2, 0) is 4.79 Å². The first-order chi connectivity index (χ1) is 17.0. The highest BCUT2D eigenvalue weighted by molar-refractivity contribution is 8.00. The molecule has 2 aromatic heterocycles.